The third-order valence-corrected chi connectivity index (χ3v) is 5.17. The van der Waals surface area contributed by atoms with Crippen molar-refractivity contribution >= 4 is 27.6 Å². The maximum Gasteiger partial charge on any atom is 0.371 e. The van der Waals surface area contributed by atoms with E-state index in [1.54, 1.807) is 0 Å². The Balaban J connectivity index is 1.76. The maximum atomic E-state index is 12.4. The van der Waals surface area contributed by atoms with E-state index in [9.17, 15) is 18.0 Å². The fourth-order valence-corrected chi connectivity index (χ4v) is 3.47. The number of carbonyl (C=O) groups excluding carboxylic acids is 1. The smallest absolute Gasteiger partial charge is 0.371 e. The van der Waals surface area contributed by atoms with Crippen LogP contribution in [0.1, 0.15) is 39.5 Å². The molecule has 9 heteroatoms. The van der Waals surface area contributed by atoms with Gasteiger partial charge in [0.15, 0.2) is 0 Å². The number of amides is 1. The number of carboxylic acids is 1. The highest BCUT2D eigenvalue weighted by atomic mass is 32.2. The molecule has 0 spiro atoms. The van der Waals surface area contributed by atoms with Gasteiger partial charge in [0.1, 0.15) is 10.7 Å². The van der Waals surface area contributed by atoms with Crippen LogP contribution in [0.25, 0.3) is 0 Å². The lowest BCUT2D eigenvalue weighted by Crippen LogP contribution is -2.25. The molecule has 1 aliphatic carbocycles. The zero-order valence-corrected chi connectivity index (χ0v) is 14.1. The van der Waals surface area contributed by atoms with Gasteiger partial charge in [-0.3, -0.25) is 9.52 Å². The molecule has 1 heterocycles. The Bertz CT molecular complexity index is 926. The van der Waals surface area contributed by atoms with E-state index < -0.39 is 21.8 Å². The summed E-state index contributed by atoms with van der Waals surface area (Å²) < 4.78 is 32.0. The summed E-state index contributed by atoms with van der Waals surface area (Å²) >= 11 is 0. The number of rotatable bonds is 6. The van der Waals surface area contributed by atoms with Gasteiger partial charge in [-0.15, -0.1) is 0 Å². The normalized spacial score (nSPS) is 14.1. The predicted molar refractivity (Wildman–Crippen MR) is 88.1 cm³/mol. The van der Waals surface area contributed by atoms with Crippen molar-refractivity contribution in [3.63, 3.8) is 0 Å². The first-order chi connectivity index (χ1) is 11.8. The van der Waals surface area contributed by atoms with E-state index in [-0.39, 0.29) is 28.3 Å². The molecule has 0 bridgehead atoms. The second kappa shape index (κ2) is 6.25. The lowest BCUT2D eigenvalue weighted by atomic mass is 10.2. The van der Waals surface area contributed by atoms with Gasteiger partial charge in [-0.05, 0) is 44.0 Å². The van der Waals surface area contributed by atoms with Gasteiger partial charge < -0.3 is 14.8 Å². The fraction of sp³-hybridized carbons (Fsp3) is 0.250. The summed E-state index contributed by atoms with van der Waals surface area (Å²) in [6.45, 7) is 1.37. The number of aromatic carboxylic acids is 1. The summed E-state index contributed by atoms with van der Waals surface area (Å²) in [4.78, 5) is 22.5. The molecule has 132 valence electrons. The molecule has 2 aromatic rings. The average molecular weight is 364 g/mol. The number of carbonyl (C=O) groups is 2. The van der Waals surface area contributed by atoms with Crippen LogP contribution in [0.5, 0.6) is 0 Å². The SMILES string of the molecule is Cc1oc(C(=O)O)cc1S(=O)(=O)Nc1ccc(C(=O)NC2CC2)cc1. The van der Waals surface area contributed by atoms with Crippen molar-refractivity contribution in [2.24, 2.45) is 0 Å². The molecule has 1 amide bonds. The van der Waals surface area contributed by atoms with E-state index in [1.807, 2.05) is 0 Å². The van der Waals surface area contributed by atoms with Crippen molar-refractivity contribution in [3.05, 3.63) is 47.4 Å². The van der Waals surface area contributed by atoms with Crippen LogP contribution < -0.4 is 10.0 Å². The highest BCUT2D eigenvalue weighted by Gasteiger charge is 2.25. The molecule has 1 aliphatic rings. The zero-order valence-electron chi connectivity index (χ0n) is 13.3. The molecule has 1 aromatic carbocycles. The van der Waals surface area contributed by atoms with Gasteiger partial charge in [-0.25, -0.2) is 13.2 Å². The highest BCUT2D eigenvalue weighted by molar-refractivity contribution is 7.92. The molecule has 1 fully saturated rings. The minimum Gasteiger partial charge on any atom is -0.475 e. The first-order valence-electron chi connectivity index (χ1n) is 7.54. The second-order valence-electron chi connectivity index (χ2n) is 5.77. The van der Waals surface area contributed by atoms with Gasteiger partial charge in [0.2, 0.25) is 5.76 Å². The van der Waals surface area contributed by atoms with Crippen molar-refractivity contribution in [3.8, 4) is 0 Å². The highest BCUT2D eigenvalue weighted by Crippen LogP contribution is 2.23. The van der Waals surface area contributed by atoms with Crippen molar-refractivity contribution < 1.29 is 27.5 Å². The van der Waals surface area contributed by atoms with Crippen molar-refractivity contribution in [2.75, 3.05) is 4.72 Å². The molecule has 0 unspecified atom stereocenters. The number of anilines is 1. The number of hydrogen-bond acceptors (Lipinski definition) is 5. The number of nitrogens with one attached hydrogen (secondary N) is 2. The average Bonchev–Trinajstić information content (AvgIpc) is 3.25. The second-order valence-corrected chi connectivity index (χ2v) is 7.42. The molecule has 0 radical (unpaired) electrons. The van der Waals surface area contributed by atoms with E-state index >= 15 is 0 Å². The van der Waals surface area contributed by atoms with Gasteiger partial charge in [-0.2, -0.15) is 0 Å². The monoisotopic (exact) mass is 364 g/mol. The predicted octanol–water partition coefficient (Wildman–Crippen LogP) is 1.98. The van der Waals surface area contributed by atoms with Crippen LogP contribution in [0.2, 0.25) is 0 Å². The summed E-state index contributed by atoms with van der Waals surface area (Å²) in [5.41, 5.74) is 0.683. The Morgan fingerprint density at radius 2 is 1.84 bits per heavy atom. The van der Waals surface area contributed by atoms with Gasteiger partial charge in [0, 0.05) is 23.4 Å². The summed E-state index contributed by atoms with van der Waals surface area (Å²) in [5.74, 6) is -2.03. The van der Waals surface area contributed by atoms with Crippen molar-refractivity contribution in [1.29, 1.82) is 0 Å². The molecule has 1 saturated carbocycles. The minimum atomic E-state index is -4.01. The lowest BCUT2D eigenvalue weighted by Gasteiger charge is -2.08. The molecule has 0 saturated heterocycles. The summed E-state index contributed by atoms with van der Waals surface area (Å²) in [5, 5.41) is 11.7. The quantitative estimate of drug-likeness (QED) is 0.719. The topological polar surface area (TPSA) is 126 Å². The number of furan rings is 1. The number of benzene rings is 1. The number of sulfonamides is 1. The molecule has 3 N–H and O–H groups in total. The van der Waals surface area contributed by atoms with Gasteiger partial charge in [0.25, 0.3) is 15.9 Å². The van der Waals surface area contributed by atoms with Crippen molar-refractivity contribution in [2.45, 2.75) is 30.7 Å². The Labute approximate surface area is 143 Å². The summed E-state index contributed by atoms with van der Waals surface area (Å²) in [6.07, 6.45) is 1.96. The molecule has 0 aliphatic heterocycles. The third kappa shape index (κ3) is 3.82. The van der Waals surface area contributed by atoms with E-state index in [0.717, 1.165) is 18.9 Å². The van der Waals surface area contributed by atoms with Crippen LogP contribution in [0.3, 0.4) is 0 Å². The van der Waals surface area contributed by atoms with E-state index in [1.165, 1.54) is 31.2 Å². The Kier molecular flexibility index (Phi) is 4.25. The molecule has 8 nitrogen and oxygen atoms in total. The van der Waals surface area contributed by atoms with Gasteiger partial charge in [-0.1, -0.05) is 0 Å². The molecule has 0 atom stereocenters. The number of carboxylic acid groups (broad SMARTS) is 1. The van der Waals surface area contributed by atoms with E-state index in [4.69, 9.17) is 9.52 Å². The van der Waals surface area contributed by atoms with Crippen LogP contribution >= 0.6 is 0 Å². The maximum absolute atomic E-state index is 12.4. The third-order valence-electron chi connectivity index (χ3n) is 3.68. The van der Waals surface area contributed by atoms with Crippen LogP contribution in [-0.4, -0.2) is 31.4 Å². The fourth-order valence-electron chi connectivity index (χ4n) is 2.23. The summed E-state index contributed by atoms with van der Waals surface area (Å²) in [7, 11) is -4.01. The van der Waals surface area contributed by atoms with Crippen LogP contribution in [-0.2, 0) is 10.0 Å². The largest absolute Gasteiger partial charge is 0.475 e. The minimum absolute atomic E-state index is 0.0228. The van der Waals surface area contributed by atoms with Crippen LogP contribution in [0.4, 0.5) is 5.69 Å². The molecule has 3 rings (SSSR count). The molecule has 25 heavy (non-hydrogen) atoms. The van der Waals surface area contributed by atoms with Crippen LogP contribution in [0.15, 0.2) is 39.6 Å². The number of aryl methyl sites for hydroxylation is 1. The van der Waals surface area contributed by atoms with E-state index in [2.05, 4.69) is 10.0 Å². The Hall–Kier alpha value is -2.81. The Morgan fingerprint density at radius 3 is 2.36 bits per heavy atom. The standard InChI is InChI=1S/C16H16N2O6S/c1-9-14(8-13(24-9)16(20)21)25(22,23)18-12-4-2-10(3-5-12)15(19)17-11-6-7-11/h2-5,8,11,18H,6-7H2,1H3,(H,17,19)(H,20,21). The zero-order chi connectivity index (χ0) is 18.2. The first-order valence-corrected chi connectivity index (χ1v) is 9.02. The lowest BCUT2D eigenvalue weighted by molar-refractivity contribution is 0.0660. The Morgan fingerprint density at radius 1 is 1.20 bits per heavy atom. The van der Waals surface area contributed by atoms with Gasteiger partial charge in [0.05, 0.1) is 0 Å². The van der Waals surface area contributed by atoms with Crippen molar-refractivity contribution in [1.82, 2.24) is 5.32 Å². The van der Waals surface area contributed by atoms with Gasteiger partial charge >= 0.3 is 5.97 Å². The molecule has 1 aromatic heterocycles. The first kappa shape index (κ1) is 17.0. The summed E-state index contributed by atoms with van der Waals surface area (Å²) in [6, 6.07) is 7.15. The molecular weight excluding hydrogens is 348 g/mol. The molecular formula is C16H16N2O6S. The van der Waals surface area contributed by atoms with E-state index in [0.29, 0.717) is 5.56 Å². The van der Waals surface area contributed by atoms with Crippen LogP contribution in [0, 0.1) is 6.92 Å². The number of hydrogen-bond donors (Lipinski definition) is 3.